The van der Waals surface area contributed by atoms with Crippen LogP contribution >= 0.6 is 0 Å². The molecule has 6 nitrogen and oxygen atoms in total. The lowest BCUT2D eigenvalue weighted by atomic mass is 10.0. The molecule has 0 radical (unpaired) electrons. The zero-order valence-corrected chi connectivity index (χ0v) is 16.0. The molecule has 0 fully saturated rings. The maximum atomic E-state index is 11.1. The van der Waals surface area contributed by atoms with Crippen LogP contribution in [0.4, 0.5) is 0 Å². The lowest BCUT2D eigenvalue weighted by Gasteiger charge is -2.21. The second-order valence-electron chi connectivity index (χ2n) is 6.74. The molecule has 28 heavy (non-hydrogen) atoms. The predicted octanol–water partition coefficient (Wildman–Crippen LogP) is 4.28. The first-order valence-corrected chi connectivity index (χ1v) is 9.55. The first-order valence-electron chi connectivity index (χ1n) is 9.55. The molecule has 0 aliphatic carbocycles. The lowest BCUT2D eigenvalue weighted by Crippen LogP contribution is -2.18. The van der Waals surface area contributed by atoms with E-state index >= 15 is 0 Å². The molecule has 3 aromatic rings. The van der Waals surface area contributed by atoms with Gasteiger partial charge in [0.25, 0.3) is 5.89 Å². The molecule has 0 spiro atoms. The van der Waals surface area contributed by atoms with Crippen LogP contribution in [0.15, 0.2) is 58.2 Å². The van der Waals surface area contributed by atoms with Crippen molar-refractivity contribution < 1.29 is 9.32 Å². The number of carbonyl (C=O) groups excluding carboxylic acids is 1. The third-order valence-corrected chi connectivity index (χ3v) is 5.09. The fraction of sp³-hybridized carbons (Fsp3) is 0.273. The van der Waals surface area contributed by atoms with Gasteiger partial charge in [-0.25, -0.2) is 0 Å². The van der Waals surface area contributed by atoms with E-state index in [9.17, 15) is 4.79 Å². The van der Waals surface area contributed by atoms with Gasteiger partial charge >= 0.3 is 0 Å². The SMILES string of the molecule is CCc1cc(-c2noc(C3=NN(CC)C(c4ccccc4)C3)n2)ccc1C=O. The molecule has 6 heteroatoms. The van der Waals surface area contributed by atoms with Crippen LogP contribution in [0.1, 0.15) is 53.7 Å². The molecule has 1 aromatic heterocycles. The summed E-state index contributed by atoms with van der Waals surface area (Å²) >= 11 is 0. The Morgan fingerprint density at radius 2 is 2.00 bits per heavy atom. The van der Waals surface area contributed by atoms with Gasteiger partial charge in [-0.3, -0.25) is 9.80 Å². The standard InChI is InChI=1S/C22H22N4O2/c1-3-15-12-17(10-11-18(15)14-27)21-23-22(28-25-21)19-13-20(26(4-2)24-19)16-8-6-5-7-9-16/h5-12,14,20H,3-4,13H2,1-2H3. The topological polar surface area (TPSA) is 71.6 Å². The first kappa shape index (κ1) is 18.1. The smallest absolute Gasteiger partial charge is 0.274 e. The van der Waals surface area contributed by atoms with E-state index in [1.54, 1.807) is 6.07 Å². The fourth-order valence-electron chi connectivity index (χ4n) is 3.56. The molecule has 0 saturated heterocycles. The molecule has 142 valence electrons. The predicted molar refractivity (Wildman–Crippen MR) is 107 cm³/mol. The zero-order chi connectivity index (χ0) is 19.5. The van der Waals surface area contributed by atoms with Crippen LogP contribution in [-0.4, -0.2) is 33.7 Å². The summed E-state index contributed by atoms with van der Waals surface area (Å²) in [6.07, 6.45) is 2.37. The van der Waals surface area contributed by atoms with Gasteiger partial charge in [0.1, 0.15) is 12.0 Å². The Hall–Kier alpha value is -3.28. The Kier molecular flexibility index (Phi) is 5.02. The molecule has 1 atom stereocenters. The molecular weight excluding hydrogens is 352 g/mol. The number of benzene rings is 2. The van der Waals surface area contributed by atoms with Gasteiger partial charge < -0.3 is 4.52 Å². The van der Waals surface area contributed by atoms with Crippen molar-refractivity contribution in [3.8, 4) is 11.4 Å². The molecule has 0 saturated carbocycles. The average molecular weight is 374 g/mol. The second kappa shape index (κ2) is 7.76. The van der Waals surface area contributed by atoms with E-state index in [4.69, 9.17) is 9.62 Å². The van der Waals surface area contributed by atoms with Gasteiger partial charge in [-0.15, -0.1) is 0 Å². The van der Waals surface area contributed by atoms with Crippen molar-refractivity contribution in [3.63, 3.8) is 0 Å². The summed E-state index contributed by atoms with van der Waals surface area (Å²) in [5.74, 6) is 0.959. The van der Waals surface area contributed by atoms with E-state index in [-0.39, 0.29) is 6.04 Å². The van der Waals surface area contributed by atoms with Crippen LogP contribution in [0, 0.1) is 0 Å². The Balaban J connectivity index is 1.60. The van der Waals surface area contributed by atoms with Crippen LogP contribution < -0.4 is 0 Å². The van der Waals surface area contributed by atoms with Gasteiger partial charge in [-0.2, -0.15) is 10.1 Å². The summed E-state index contributed by atoms with van der Waals surface area (Å²) in [6, 6.07) is 16.1. The monoisotopic (exact) mass is 374 g/mol. The molecule has 2 heterocycles. The minimum absolute atomic E-state index is 0.176. The number of aldehydes is 1. The molecular formula is C22H22N4O2. The number of aromatic nitrogens is 2. The normalized spacial score (nSPS) is 16.3. The van der Waals surface area contributed by atoms with Crippen LogP contribution in [0.3, 0.4) is 0 Å². The largest absolute Gasteiger partial charge is 0.332 e. The van der Waals surface area contributed by atoms with E-state index in [1.165, 1.54) is 5.56 Å². The summed E-state index contributed by atoms with van der Waals surface area (Å²) in [6.45, 7) is 4.91. The molecule has 0 amide bonds. The molecule has 1 unspecified atom stereocenters. The van der Waals surface area contributed by atoms with Crippen molar-refractivity contribution in [1.29, 1.82) is 0 Å². The highest BCUT2D eigenvalue weighted by atomic mass is 16.5. The van der Waals surface area contributed by atoms with Crippen LogP contribution in [0.2, 0.25) is 0 Å². The van der Waals surface area contributed by atoms with Gasteiger partial charge in [0.05, 0.1) is 6.04 Å². The lowest BCUT2D eigenvalue weighted by molar-refractivity contribution is 0.112. The summed E-state index contributed by atoms with van der Waals surface area (Å²) in [5.41, 5.74) is 4.52. The Bertz CT molecular complexity index is 1010. The average Bonchev–Trinajstić information content (AvgIpc) is 3.41. The third kappa shape index (κ3) is 3.33. The van der Waals surface area contributed by atoms with E-state index < -0.39 is 0 Å². The summed E-state index contributed by atoms with van der Waals surface area (Å²) in [5, 5.41) is 10.9. The molecule has 4 rings (SSSR count). The number of hydrogen-bond donors (Lipinski definition) is 0. The van der Waals surface area contributed by atoms with Gasteiger partial charge in [0.2, 0.25) is 5.82 Å². The maximum Gasteiger partial charge on any atom is 0.274 e. The Morgan fingerprint density at radius 3 is 2.71 bits per heavy atom. The number of hydrogen-bond acceptors (Lipinski definition) is 6. The van der Waals surface area contributed by atoms with Crippen molar-refractivity contribution in [2.45, 2.75) is 32.7 Å². The van der Waals surface area contributed by atoms with Crippen molar-refractivity contribution in [3.05, 3.63) is 71.1 Å². The maximum absolute atomic E-state index is 11.1. The highest BCUT2D eigenvalue weighted by Gasteiger charge is 2.30. The fourth-order valence-corrected chi connectivity index (χ4v) is 3.56. The van der Waals surface area contributed by atoms with E-state index in [0.29, 0.717) is 17.3 Å². The second-order valence-corrected chi connectivity index (χ2v) is 6.74. The molecule has 1 aliphatic rings. The molecule has 2 aromatic carbocycles. The van der Waals surface area contributed by atoms with Crippen molar-refractivity contribution in [2.75, 3.05) is 6.54 Å². The summed E-state index contributed by atoms with van der Waals surface area (Å²) in [4.78, 5) is 15.7. The van der Waals surface area contributed by atoms with E-state index in [1.807, 2.05) is 37.3 Å². The van der Waals surface area contributed by atoms with Crippen molar-refractivity contribution in [1.82, 2.24) is 15.1 Å². The molecule has 0 N–H and O–H groups in total. The summed E-state index contributed by atoms with van der Waals surface area (Å²) < 4.78 is 5.52. The minimum atomic E-state index is 0.176. The van der Waals surface area contributed by atoms with Crippen LogP contribution in [0.5, 0.6) is 0 Å². The minimum Gasteiger partial charge on any atom is -0.332 e. The number of aryl methyl sites for hydroxylation is 1. The molecule has 0 bridgehead atoms. The summed E-state index contributed by atoms with van der Waals surface area (Å²) in [7, 11) is 0. The van der Waals surface area contributed by atoms with Gasteiger partial charge in [-0.05, 0) is 30.5 Å². The highest BCUT2D eigenvalue weighted by molar-refractivity contribution is 5.98. The quantitative estimate of drug-likeness (QED) is 0.602. The van der Waals surface area contributed by atoms with Crippen LogP contribution in [0.25, 0.3) is 11.4 Å². The van der Waals surface area contributed by atoms with E-state index in [2.05, 4.69) is 34.2 Å². The number of carbonyl (C=O) groups is 1. The van der Waals surface area contributed by atoms with Crippen molar-refractivity contribution in [2.24, 2.45) is 5.10 Å². The highest BCUT2D eigenvalue weighted by Crippen LogP contribution is 2.32. The Morgan fingerprint density at radius 1 is 1.18 bits per heavy atom. The van der Waals surface area contributed by atoms with Gasteiger partial charge in [-0.1, -0.05) is 54.5 Å². The van der Waals surface area contributed by atoms with Gasteiger partial charge in [0.15, 0.2) is 0 Å². The number of hydrazone groups is 1. The van der Waals surface area contributed by atoms with Gasteiger partial charge in [0, 0.05) is 24.1 Å². The Labute approximate surface area is 163 Å². The van der Waals surface area contributed by atoms with Crippen LogP contribution in [-0.2, 0) is 6.42 Å². The van der Waals surface area contributed by atoms with Crippen molar-refractivity contribution >= 4 is 12.0 Å². The van der Waals surface area contributed by atoms with E-state index in [0.717, 1.165) is 42.5 Å². The third-order valence-electron chi connectivity index (χ3n) is 5.09. The molecule has 1 aliphatic heterocycles. The number of rotatable bonds is 6. The zero-order valence-electron chi connectivity index (χ0n) is 16.0. The first-order chi connectivity index (χ1) is 13.7. The number of nitrogens with zero attached hydrogens (tertiary/aromatic N) is 4.